The largest absolute Gasteiger partial charge is 0.479 e. The van der Waals surface area contributed by atoms with Crippen molar-refractivity contribution in [2.24, 2.45) is 5.92 Å². The van der Waals surface area contributed by atoms with Crippen molar-refractivity contribution in [3.8, 4) is 0 Å². The van der Waals surface area contributed by atoms with Crippen molar-refractivity contribution in [2.75, 3.05) is 19.8 Å². The Morgan fingerprint density at radius 2 is 1.45 bits per heavy atom. The molecule has 0 saturated heterocycles. The zero-order valence-corrected chi connectivity index (χ0v) is 13.5. The van der Waals surface area contributed by atoms with Crippen LogP contribution >= 0.6 is 0 Å². The minimum absolute atomic E-state index is 0.166. The van der Waals surface area contributed by atoms with Crippen molar-refractivity contribution in [1.29, 1.82) is 0 Å². The lowest BCUT2D eigenvalue weighted by molar-refractivity contribution is -0.170. The summed E-state index contributed by atoms with van der Waals surface area (Å²) < 4.78 is 15.1. The number of ether oxygens (including phenoxy) is 3. The van der Waals surface area contributed by atoms with Gasteiger partial charge in [0, 0.05) is 6.61 Å². The minimum Gasteiger partial charge on any atom is -0.479 e. The lowest BCUT2D eigenvalue weighted by atomic mass is 9.98. The Morgan fingerprint density at radius 3 is 1.95 bits per heavy atom. The molecular weight excluding hydrogens is 292 g/mol. The third kappa shape index (κ3) is 7.97. The Hall–Kier alpha value is -1.63. The molecule has 0 heterocycles. The lowest BCUT2D eigenvalue weighted by Gasteiger charge is -2.22. The van der Waals surface area contributed by atoms with Crippen LogP contribution in [0.3, 0.4) is 0 Å². The fourth-order valence-electron chi connectivity index (χ4n) is 1.68. The van der Waals surface area contributed by atoms with Crippen molar-refractivity contribution >= 4 is 17.9 Å². The summed E-state index contributed by atoms with van der Waals surface area (Å²) in [6, 6.07) is 0. The van der Waals surface area contributed by atoms with Gasteiger partial charge in [-0.3, -0.25) is 9.59 Å². The molecule has 22 heavy (non-hydrogen) atoms. The van der Waals surface area contributed by atoms with Crippen LogP contribution in [0.25, 0.3) is 0 Å². The third-order valence-corrected chi connectivity index (χ3v) is 2.72. The van der Waals surface area contributed by atoms with Gasteiger partial charge >= 0.3 is 17.9 Å². The molecule has 0 aromatic rings. The van der Waals surface area contributed by atoms with Crippen LogP contribution in [0.4, 0.5) is 0 Å². The molecule has 2 unspecified atom stereocenters. The number of hydrogen-bond donors (Lipinski definition) is 1. The first-order valence-electron chi connectivity index (χ1n) is 7.64. The first-order valence-corrected chi connectivity index (χ1v) is 7.64. The third-order valence-electron chi connectivity index (χ3n) is 2.72. The molecule has 0 rings (SSSR count). The van der Waals surface area contributed by atoms with Crippen LogP contribution in [0.1, 0.15) is 46.5 Å². The van der Waals surface area contributed by atoms with E-state index in [0.29, 0.717) is 19.3 Å². The Balaban J connectivity index is 4.97. The van der Waals surface area contributed by atoms with Crippen molar-refractivity contribution in [3.05, 3.63) is 0 Å². The predicted octanol–water partition coefficient (Wildman–Crippen LogP) is 1.78. The molecule has 0 aliphatic carbocycles. The van der Waals surface area contributed by atoms with E-state index < -0.39 is 29.9 Å². The number of carboxylic acid groups (broad SMARTS) is 1. The van der Waals surface area contributed by atoms with Crippen LogP contribution in [-0.2, 0) is 28.6 Å². The molecule has 0 aliphatic heterocycles. The summed E-state index contributed by atoms with van der Waals surface area (Å²) in [6.45, 7) is 6.05. The van der Waals surface area contributed by atoms with E-state index in [4.69, 9.17) is 14.2 Å². The van der Waals surface area contributed by atoms with Gasteiger partial charge in [0.05, 0.1) is 19.6 Å². The average Bonchev–Trinajstić information content (AvgIpc) is 2.49. The highest BCUT2D eigenvalue weighted by Gasteiger charge is 2.38. The van der Waals surface area contributed by atoms with Crippen LogP contribution in [-0.4, -0.2) is 48.9 Å². The van der Waals surface area contributed by atoms with Crippen LogP contribution < -0.4 is 0 Å². The van der Waals surface area contributed by atoms with Crippen LogP contribution in [0, 0.1) is 5.92 Å². The zero-order valence-electron chi connectivity index (χ0n) is 13.5. The molecule has 1 N–H and O–H groups in total. The van der Waals surface area contributed by atoms with E-state index in [1.165, 1.54) is 0 Å². The van der Waals surface area contributed by atoms with Gasteiger partial charge < -0.3 is 19.3 Å². The van der Waals surface area contributed by atoms with Gasteiger partial charge in [0.15, 0.2) is 6.10 Å². The summed E-state index contributed by atoms with van der Waals surface area (Å²) in [7, 11) is 0. The smallest absolute Gasteiger partial charge is 0.333 e. The Labute approximate surface area is 130 Å². The van der Waals surface area contributed by atoms with E-state index in [-0.39, 0.29) is 26.2 Å². The summed E-state index contributed by atoms with van der Waals surface area (Å²) in [5.41, 5.74) is 0. The molecule has 0 radical (unpaired) electrons. The van der Waals surface area contributed by atoms with Crippen molar-refractivity contribution in [3.63, 3.8) is 0 Å². The normalized spacial score (nSPS) is 13.2. The quantitative estimate of drug-likeness (QED) is 0.547. The number of aliphatic carboxylic acids is 1. The van der Waals surface area contributed by atoms with E-state index in [2.05, 4.69) is 0 Å². The summed E-state index contributed by atoms with van der Waals surface area (Å²) in [6.07, 6.45) is 0.0558. The molecule has 0 aromatic carbocycles. The second-order valence-electron chi connectivity index (χ2n) is 4.83. The monoisotopic (exact) mass is 318 g/mol. The van der Waals surface area contributed by atoms with Gasteiger partial charge in [0.2, 0.25) is 0 Å². The maximum atomic E-state index is 12.0. The van der Waals surface area contributed by atoms with Crippen molar-refractivity contribution in [2.45, 2.75) is 52.6 Å². The van der Waals surface area contributed by atoms with Gasteiger partial charge in [-0.05, 0) is 19.3 Å². The summed E-state index contributed by atoms with van der Waals surface area (Å²) in [5, 5.41) is 9.25. The number of carbonyl (C=O) groups is 3. The molecule has 7 nitrogen and oxygen atoms in total. The van der Waals surface area contributed by atoms with Crippen LogP contribution in [0.5, 0.6) is 0 Å². The molecule has 0 bridgehead atoms. The number of rotatable bonds is 12. The summed E-state index contributed by atoms with van der Waals surface area (Å²) in [4.78, 5) is 35.1. The highest BCUT2D eigenvalue weighted by molar-refractivity contribution is 5.86. The number of carboxylic acids is 1. The number of esters is 2. The van der Waals surface area contributed by atoms with E-state index in [1.807, 2.05) is 20.8 Å². The fourth-order valence-corrected chi connectivity index (χ4v) is 1.68. The number of carbonyl (C=O) groups excluding carboxylic acids is 2. The van der Waals surface area contributed by atoms with Gasteiger partial charge in [-0.15, -0.1) is 0 Å². The molecule has 7 heteroatoms. The summed E-state index contributed by atoms with van der Waals surface area (Å²) >= 11 is 0. The van der Waals surface area contributed by atoms with Gasteiger partial charge in [0.1, 0.15) is 5.92 Å². The van der Waals surface area contributed by atoms with Gasteiger partial charge in [-0.25, -0.2) is 4.79 Å². The van der Waals surface area contributed by atoms with Gasteiger partial charge in [0.25, 0.3) is 0 Å². The summed E-state index contributed by atoms with van der Waals surface area (Å²) in [5.74, 6) is -3.89. The Kier molecular flexibility index (Phi) is 11.1. The average molecular weight is 318 g/mol. The van der Waals surface area contributed by atoms with E-state index in [1.54, 1.807) is 0 Å². The van der Waals surface area contributed by atoms with Crippen molar-refractivity contribution < 1.29 is 33.7 Å². The first kappa shape index (κ1) is 20.4. The fraction of sp³-hybridized carbons (Fsp3) is 0.800. The van der Waals surface area contributed by atoms with Gasteiger partial charge in [-0.1, -0.05) is 20.8 Å². The van der Waals surface area contributed by atoms with E-state index >= 15 is 0 Å². The highest BCUT2D eigenvalue weighted by Crippen LogP contribution is 2.17. The van der Waals surface area contributed by atoms with Gasteiger partial charge in [-0.2, -0.15) is 0 Å². The Bertz CT molecular complexity index is 354. The molecule has 128 valence electrons. The molecule has 0 spiro atoms. The molecule has 0 amide bonds. The van der Waals surface area contributed by atoms with E-state index in [9.17, 15) is 19.5 Å². The minimum atomic E-state index is -1.42. The number of hydrogen-bond acceptors (Lipinski definition) is 6. The topological polar surface area (TPSA) is 99.1 Å². The zero-order chi connectivity index (χ0) is 17.0. The molecule has 0 fully saturated rings. The molecule has 2 atom stereocenters. The van der Waals surface area contributed by atoms with Crippen LogP contribution in [0.15, 0.2) is 0 Å². The van der Waals surface area contributed by atoms with E-state index in [0.717, 1.165) is 0 Å². The second-order valence-corrected chi connectivity index (χ2v) is 4.83. The molecular formula is C15H26O7. The lowest BCUT2D eigenvalue weighted by Crippen LogP contribution is -2.40. The first-order chi connectivity index (χ1) is 10.5. The maximum Gasteiger partial charge on any atom is 0.333 e. The second kappa shape index (κ2) is 12.0. The Morgan fingerprint density at radius 1 is 0.909 bits per heavy atom. The molecule has 0 aliphatic rings. The SMILES string of the molecule is CCCOC(=O)CC(C(=O)OCCC)C(OCCC)C(=O)O. The maximum absolute atomic E-state index is 12.0. The molecule has 0 saturated carbocycles. The van der Waals surface area contributed by atoms with Crippen molar-refractivity contribution in [1.82, 2.24) is 0 Å². The standard InChI is InChI=1S/C15H26O7/c1-4-7-20-12(16)10-11(15(19)22-9-6-3)13(14(17)18)21-8-5-2/h11,13H,4-10H2,1-3H3,(H,17,18). The predicted molar refractivity (Wildman–Crippen MR) is 78.3 cm³/mol. The molecule has 0 aromatic heterocycles. The highest BCUT2D eigenvalue weighted by atomic mass is 16.5. The van der Waals surface area contributed by atoms with Crippen LogP contribution in [0.2, 0.25) is 0 Å².